The van der Waals surface area contributed by atoms with Gasteiger partial charge in [0.15, 0.2) is 12.0 Å². The third-order valence-corrected chi connectivity index (χ3v) is 4.08. The van der Waals surface area contributed by atoms with Gasteiger partial charge in [0.05, 0.1) is 11.2 Å². The van der Waals surface area contributed by atoms with Gasteiger partial charge in [-0.25, -0.2) is 9.07 Å². The molecule has 1 aromatic carbocycles. The normalized spacial score (nSPS) is 20.5. The molecular formula is C12H11BrClFN2O. The topological polar surface area (TPSA) is 27.1 Å². The molecule has 1 unspecified atom stereocenters. The molecule has 1 atom stereocenters. The van der Waals surface area contributed by atoms with Crippen LogP contribution in [0.5, 0.6) is 0 Å². The lowest BCUT2D eigenvalue weighted by molar-refractivity contribution is -0.0369. The molecule has 0 aliphatic carbocycles. The Kier molecular flexibility index (Phi) is 3.30. The number of nitrogens with zero attached hydrogens (tertiary/aromatic N) is 2. The van der Waals surface area contributed by atoms with Crippen LogP contribution in [0.25, 0.3) is 10.9 Å². The number of halogens is 3. The van der Waals surface area contributed by atoms with Crippen molar-refractivity contribution in [2.75, 3.05) is 6.61 Å². The highest BCUT2D eigenvalue weighted by molar-refractivity contribution is 9.10. The first kappa shape index (κ1) is 12.4. The Labute approximate surface area is 117 Å². The van der Waals surface area contributed by atoms with Crippen LogP contribution in [0.3, 0.4) is 0 Å². The molecule has 0 bridgehead atoms. The zero-order chi connectivity index (χ0) is 12.7. The molecule has 6 heteroatoms. The van der Waals surface area contributed by atoms with Crippen molar-refractivity contribution in [3.8, 4) is 0 Å². The minimum Gasteiger partial charge on any atom is -0.356 e. The zero-order valence-electron chi connectivity index (χ0n) is 9.50. The van der Waals surface area contributed by atoms with Gasteiger partial charge in [0.25, 0.3) is 0 Å². The fourth-order valence-corrected chi connectivity index (χ4v) is 3.11. The summed E-state index contributed by atoms with van der Waals surface area (Å²) in [6, 6.07) is 1.55. The van der Waals surface area contributed by atoms with Crippen LogP contribution in [0.15, 0.2) is 16.7 Å². The molecule has 2 aromatic rings. The second kappa shape index (κ2) is 4.79. The number of hydrogen-bond acceptors (Lipinski definition) is 2. The highest BCUT2D eigenvalue weighted by Crippen LogP contribution is 2.34. The van der Waals surface area contributed by atoms with E-state index in [1.165, 1.54) is 0 Å². The molecule has 1 aliphatic rings. The first-order valence-corrected chi connectivity index (χ1v) is 6.98. The molecule has 1 saturated heterocycles. The van der Waals surface area contributed by atoms with Crippen LogP contribution in [0.2, 0.25) is 5.02 Å². The molecule has 2 heterocycles. The molecule has 0 radical (unpaired) electrons. The smallest absolute Gasteiger partial charge is 0.167 e. The van der Waals surface area contributed by atoms with Crippen LogP contribution in [0.4, 0.5) is 4.39 Å². The van der Waals surface area contributed by atoms with E-state index in [-0.39, 0.29) is 11.3 Å². The lowest BCUT2D eigenvalue weighted by Gasteiger charge is -2.23. The molecule has 0 spiro atoms. The van der Waals surface area contributed by atoms with Gasteiger partial charge in [-0.05, 0) is 41.3 Å². The van der Waals surface area contributed by atoms with Crippen LogP contribution in [-0.2, 0) is 4.74 Å². The third-order valence-electron chi connectivity index (χ3n) is 3.15. The Bertz CT molecular complexity index is 595. The number of aromatic nitrogens is 2. The summed E-state index contributed by atoms with van der Waals surface area (Å²) in [6.45, 7) is 0.690. The Morgan fingerprint density at radius 2 is 2.33 bits per heavy atom. The van der Waals surface area contributed by atoms with E-state index < -0.39 is 5.82 Å². The number of fused-ring (bicyclic) bond motifs is 1. The number of benzene rings is 1. The van der Waals surface area contributed by atoms with E-state index in [0.717, 1.165) is 23.7 Å². The highest BCUT2D eigenvalue weighted by Gasteiger charge is 2.22. The average Bonchev–Trinajstić information content (AvgIpc) is 2.82. The van der Waals surface area contributed by atoms with Gasteiger partial charge >= 0.3 is 0 Å². The molecule has 1 aliphatic heterocycles. The molecule has 1 fully saturated rings. The first-order chi connectivity index (χ1) is 8.68. The summed E-state index contributed by atoms with van der Waals surface area (Å²) in [6.07, 6.45) is 4.39. The van der Waals surface area contributed by atoms with E-state index >= 15 is 0 Å². The molecule has 3 rings (SSSR count). The van der Waals surface area contributed by atoms with Crippen molar-refractivity contribution in [2.45, 2.75) is 25.5 Å². The van der Waals surface area contributed by atoms with Crippen molar-refractivity contribution in [1.82, 2.24) is 9.78 Å². The Hall–Kier alpha value is -0.650. The third kappa shape index (κ3) is 1.94. The van der Waals surface area contributed by atoms with E-state index in [1.54, 1.807) is 16.9 Å². The fourth-order valence-electron chi connectivity index (χ4n) is 2.26. The van der Waals surface area contributed by atoms with Crippen molar-refractivity contribution < 1.29 is 9.13 Å². The summed E-state index contributed by atoms with van der Waals surface area (Å²) in [5.41, 5.74) is 0.404. The van der Waals surface area contributed by atoms with Crippen LogP contribution in [0, 0.1) is 5.82 Å². The molecular weight excluding hydrogens is 323 g/mol. The van der Waals surface area contributed by atoms with Gasteiger partial charge in [-0.1, -0.05) is 11.6 Å². The van der Waals surface area contributed by atoms with E-state index in [0.29, 0.717) is 17.5 Å². The number of ether oxygens (including phenoxy) is 1. The maximum absolute atomic E-state index is 14.2. The van der Waals surface area contributed by atoms with Crippen LogP contribution in [-0.4, -0.2) is 16.4 Å². The summed E-state index contributed by atoms with van der Waals surface area (Å²) in [7, 11) is 0. The number of hydrogen-bond donors (Lipinski definition) is 0. The highest BCUT2D eigenvalue weighted by atomic mass is 79.9. The zero-order valence-corrected chi connectivity index (χ0v) is 11.8. The van der Waals surface area contributed by atoms with Crippen molar-refractivity contribution >= 4 is 38.4 Å². The van der Waals surface area contributed by atoms with E-state index in [2.05, 4.69) is 21.0 Å². The summed E-state index contributed by atoms with van der Waals surface area (Å²) in [5, 5.41) is 5.05. The van der Waals surface area contributed by atoms with Gasteiger partial charge in [-0.15, -0.1) is 0 Å². The summed E-state index contributed by atoms with van der Waals surface area (Å²) in [4.78, 5) is 0. The van der Waals surface area contributed by atoms with Crippen LogP contribution in [0.1, 0.15) is 25.5 Å². The van der Waals surface area contributed by atoms with E-state index in [1.807, 2.05) is 0 Å². The average molecular weight is 334 g/mol. The van der Waals surface area contributed by atoms with Gasteiger partial charge in [0, 0.05) is 16.5 Å². The minimum atomic E-state index is -0.443. The lowest BCUT2D eigenvalue weighted by atomic mass is 10.2. The molecule has 1 aromatic heterocycles. The molecule has 96 valence electrons. The van der Waals surface area contributed by atoms with Crippen molar-refractivity contribution in [3.63, 3.8) is 0 Å². The lowest BCUT2D eigenvalue weighted by Crippen LogP contribution is -2.19. The molecule has 0 N–H and O–H groups in total. The summed E-state index contributed by atoms with van der Waals surface area (Å²) < 4.78 is 22.1. The Morgan fingerprint density at radius 1 is 1.50 bits per heavy atom. The standard InChI is InChI=1S/C12H11BrClFN2O/c13-8-5-9(14)11(15)12-7(8)6-16-17(12)10-3-1-2-4-18-10/h5-6,10H,1-4H2. The predicted molar refractivity (Wildman–Crippen MR) is 71.2 cm³/mol. The monoisotopic (exact) mass is 332 g/mol. The maximum atomic E-state index is 14.2. The molecule has 0 saturated carbocycles. The van der Waals surface area contributed by atoms with Crippen molar-refractivity contribution in [1.29, 1.82) is 0 Å². The summed E-state index contributed by atoms with van der Waals surface area (Å²) in [5.74, 6) is -0.443. The molecule has 3 nitrogen and oxygen atoms in total. The quantitative estimate of drug-likeness (QED) is 0.728. The van der Waals surface area contributed by atoms with E-state index in [9.17, 15) is 4.39 Å². The largest absolute Gasteiger partial charge is 0.356 e. The minimum absolute atomic E-state index is 0.0898. The van der Waals surface area contributed by atoms with Crippen molar-refractivity contribution in [3.05, 3.63) is 27.6 Å². The molecule has 0 amide bonds. The van der Waals surface area contributed by atoms with Crippen LogP contribution < -0.4 is 0 Å². The van der Waals surface area contributed by atoms with Gasteiger partial charge in [0.1, 0.15) is 5.52 Å². The Balaban J connectivity index is 2.18. The second-order valence-electron chi connectivity index (χ2n) is 4.33. The van der Waals surface area contributed by atoms with Gasteiger partial charge in [-0.2, -0.15) is 5.10 Å². The summed E-state index contributed by atoms with van der Waals surface area (Å²) >= 11 is 9.25. The van der Waals surface area contributed by atoms with Crippen molar-refractivity contribution in [2.24, 2.45) is 0 Å². The second-order valence-corrected chi connectivity index (χ2v) is 5.59. The maximum Gasteiger partial charge on any atom is 0.167 e. The molecule has 18 heavy (non-hydrogen) atoms. The first-order valence-electron chi connectivity index (χ1n) is 5.81. The Morgan fingerprint density at radius 3 is 3.06 bits per heavy atom. The van der Waals surface area contributed by atoms with Gasteiger partial charge < -0.3 is 4.74 Å². The number of rotatable bonds is 1. The van der Waals surface area contributed by atoms with Crippen LogP contribution >= 0.6 is 27.5 Å². The SMILES string of the molecule is Fc1c(Cl)cc(Br)c2cnn(C3CCCCO3)c12. The van der Waals surface area contributed by atoms with E-state index in [4.69, 9.17) is 16.3 Å². The fraction of sp³-hybridized carbons (Fsp3) is 0.417. The predicted octanol–water partition coefficient (Wildman–Crippen LogP) is 4.29. The van der Waals surface area contributed by atoms with Gasteiger partial charge in [-0.3, -0.25) is 0 Å². The van der Waals surface area contributed by atoms with Gasteiger partial charge in [0.2, 0.25) is 0 Å².